The summed E-state index contributed by atoms with van der Waals surface area (Å²) in [4.78, 5) is 14.7. The highest BCUT2D eigenvalue weighted by Gasteiger charge is 2.32. The zero-order valence-electron chi connectivity index (χ0n) is 11.9. The normalized spacial score (nSPS) is 20.9. The molecule has 3 nitrogen and oxygen atoms in total. The lowest BCUT2D eigenvalue weighted by Crippen LogP contribution is -2.45. The van der Waals surface area contributed by atoms with Crippen molar-refractivity contribution in [2.45, 2.75) is 44.7 Å². The minimum absolute atomic E-state index is 0.0852. The molecule has 0 spiro atoms. The maximum atomic E-state index is 13.2. The number of hydrogen-bond acceptors (Lipinski definition) is 2. The molecule has 108 valence electrons. The molecule has 0 aromatic heterocycles. The Morgan fingerprint density at radius 1 is 1.25 bits per heavy atom. The van der Waals surface area contributed by atoms with Crippen LogP contribution < -0.4 is 5.32 Å². The van der Waals surface area contributed by atoms with Gasteiger partial charge in [0.15, 0.2) is 0 Å². The first kappa shape index (κ1) is 13.6. The van der Waals surface area contributed by atoms with Crippen LogP contribution in [0.15, 0.2) is 18.2 Å². The molecule has 1 aromatic carbocycles. The third kappa shape index (κ3) is 3.01. The van der Waals surface area contributed by atoms with E-state index in [1.165, 1.54) is 18.9 Å². The predicted octanol–water partition coefficient (Wildman–Crippen LogP) is 2.49. The maximum absolute atomic E-state index is 13.2. The van der Waals surface area contributed by atoms with Crippen molar-refractivity contribution in [3.8, 4) is 0 Å². The number of aryl methyl sites for hydroxylation is 1. The lowest BCUT2D eigenvalue weighted by molar-refractivity contribution is 0.0909. The molecule has 1 N–H and O–H groups in total. The summed E-state index contributed by atoms with van der Waals surface area (Å²) in [6.45, 7) is 3.84. The number of nitrogens with zero attached hydrogens (tertiary/aromatic N) is 1. The second-order valence-electron chi connectivity index (χ2n) is 5.98. The zero-order chi connectivity index (χ0) is 14.1. The highest BCUT2D eigenvalue weighted by molar-refractivity contribution is 5.94. The van der Waals surface area contributed by atoms with Crippen LogP contribution in [0, 0.1) is 12.7 Å². The Hall–Kier alpha value is -1.42. The first-order valence-corrected chi connectivity index (χ1v) is 7.44. The summed E-state index contributed by atoms with van der Waals surface area (Å²) in [6, 6.07) is 5.59. The topological polar surface area (TPSA) is 32.3 Å². The smallest absolute Gasteiger partial charge is 0.251 e. The van der Waals surface area contributed by atoms with Crippen LogP contribution in [-0.4, -0.2) is 36.0 Å². The van der Waals surface area contributed by atoms with E-state index in [1.54, 1.807) is 19.1 Å². The number of amides is 1. The van der Waals surface area contributed by atoms with Gasteiger partial charge in [0.05, 0.1) is 0 Å². The van der Waals surface area contributed by atoms with Gasteiger partial charge in [-0.1, -0.05) is 0 Å². The Balaban J connectivity index is 1.54. The van der Waals surface area contributed by atoms with E-state index in [1.807, 2.05) is 0 Å². The van der Waals surface area contributed by atoms with Crippen molar-refractivity contribution in [3.63, 3.8) is 0 Å². The van der Waals surface area contributed by atoms with Gasteiger partial charge in [-0.3, -0.25) is 4.79 Å². The number of rotatable bonds is 3. The van der Waals surface area contributed by atoms with Crippen molar-refractivity contribution >= 4 is 5.91 Å². The molecule has 20 heavy (non-hydrogen) atoms. The summed E-state index contributed by atoms with van der Waals surface area (Å²) in [5.41, 5.74) is 1.06. The van der Waals surface area contributed by atoms with Crippen LogP contribution in [0.5, 0.6) is 0 Å². The summed E-state index contributed by atoms with van der Waals surface area (Å²) in [5.74, 6) is -0.350. The summed E-state index contributed by atoms with van der Waals surface area (Å²) in [5, 5.41) is 3.07. The molecule has 1 heterocycles. The van der Waals surface area contributed by atoms with Gasteiger partial charge in [-0.15, -0.1) is 0 Å². The molecule has 2 aliphatic rings. The lowest BCUT2D eigenvalue weighted by Gasteiger charge is -2.32. The van der Waals surface area contributed by atoms with Crippen molar-refractivity contribution in [2.75, 3.05) is 13.1 Å². The van der Waals surface area contributed by atoms with Gasteiger partial charge in [0.1, 0.15) is 5.82 Å². The number of hydrogen-bond donors (Lipinski definition) is 1. The van der Waals surface area contributed by atoms with Crippen molar-refractivity contribution in [1.82, 2.24) is 10.2 Å². The number of halogens is 1. The molecule has 1 aromatic rings. The standard InChI is InChI=1S/C16H21FN2O/c1-11-10-12(2-5-15(11)17)16(20)18-13-6-8-19(9-7-13)14-3-4-14/h2,5,10,13-14H,3-4,6-9H2,1H3,(H,18,20). The zero-order valence-corrected chi connectivity index (χ0v) is 11.9. The third-order valence-electron chi connectivity index (χ3n) is 4.35. The van der Waals surface area contributed by atoms with Gasteiger partial charge in [0.2, 0.25) is 0 Å². The summed E-state index contributed by atoms with van der Waals surface area (Å²) >= 11 is 0. The largest absolute Gasteiger partial charge is 0.349 e. The molecular weight excluding hydrogens is 255 g/mol. The maximum Gasteiger partial charge on any atom is 0.251 e. The van der Waals surface area contributed by atoms with Gasteiger partial charge < -0.3 is 10.2 Å². The Kier molecular flexibility index (Phi) is 3.74. The van der Waals surface area contributed by atoms with Crippen molar-refractivity contribution in [2.24, 2.45) is 0 Å². The van der Waals surface area contributed by atoms with Crippen molar-refractivity contribution < 1.29 is 9.18 Å². The number of likely N-dealkylation sites (tertiary alicyclic amines) is 1. The fraction of sp³-hybridized carbons (Fsp3) is 0.562. The fourth-order valence-corrected chi connectivity index (χ4v) is 2.90. The molecular formula is C16H21FN2O. The molecule has 0 unspecified atom stereocenters. The summed E-state index contributed by atoms with van der Waals surface area (Å²) < 4.78 is 13.2. The van der Waals surface area contributed by atoms with E-state index in [0.717, 1.165) is 32.0 Å². The van der Waals surface area contributed by atoms with Crippen molar-refractivity contribution in [1.29, 1.82) is 0 Å². The Morgan fingerprint density at radius 3 is 2.55 bits per heavy atom. The van der Waals surface area contributed by atoms with Crippen LogP contribution in [-0.2, 0) is 0 Å². The Labute approximate surface area is 119 Å². The minimum atomic E-state index is -0.265. The monoisotopic (exact) mass is 276 g/mol. The van der Waals surface area contributed by atoms with Gasteiger partial charge in [-0.2, -0.15) is 0 Å². The highest BCUT2D eigenvalue weighted by atomic mass is 19.1. The number of carbonyl (C=O) groups is 1. The molecule has 1 amide bonds. The Bertz CT molecular complexity index is 505. The average Bonchev–Trinajstić information content (AvgIpc) is 3.27. The van der Waals surface area contributed by atoms with Crippen LogP contribution >= 0.6 is 0 Å². The average molecular weight is 276 g/mol. The first-order chi connectivity index (χ1) is 9.63. The Morgan fingerprint density at radius 2 is 1.95 bits per heavy atom. The molecule has 1 aliphatic carbocycles. The van der Waals surface area contributed by atoms with E-state index in [2.05, 4.69) is 10.2 Å². The second-order valence-corrected chi connectivity index (χ2v) is 5.98. The molecule has 0 radical (unpaired) electrons. The van der Waals surface area contributed by atoms with E-state index in [4.69, 9.17) is 0 Å². The van der Waals surface area contributed by atoms with E-state index in [0.29, 0.717) is 11.1 Å². The lowest BCUT2D eigenvalue weighted by atomic mass is 10.0. The molecule has 0 bridgehead atoms. The van der Waals surface area contributed by atoms with Gasteiger partial charge in [-0.25, -0.2) is 4.39 Å². The minimum Gasteiger partial charge on any atom is -0.349 e. The van der Waals surface area contributed by atoms with Gasteiger partial charge in [0.25, 0.3) is 5.91 Å². The van der Waals surface area contributed by atoms with Crippen LogP contribution in [0.25, 0.3) is 0 Å². The van der Waals surface area contributed by atoms with E-state index < -0.39 is 0 Å². The SMILES string of the molecule is Cc1cc(C(=O)NC2CCN(C3CC3)CC2)ccc1F. The quantitative estimate of drug-likeness (QED) is 0.920. The predicted molar refractivity (Wildman–Crippen MR) is 76.2 cm³/mol. The van der Waals surface area contributed by atoms with Crippen LogP contribution in [0.1, 0.15) is 41.6 Å². The van der Waals surface area contributed by atoms with Gasteiger partial charge in [-0.05, 0) is 56.4 Å². The first-order valence-electron chi connectivity index (χ1n) is 7.44. The van der Waals surface area contributed by atoms with Crippen LogP contribution in [0.2, 0.25) is 0 Å². The number of benzene rings is 1. The summed E-state index contributed by atoms with van der Waals surface area (Å²) in [7, 11) is 0. The van der Waals surface area contributed by atoms with Crippen molar-refractivity contribution in [3.05, 3.63) is 35.1 Å². The second kappa shape index (κ2) is 5.52. The molecule has 3 rings (SSSR count). The number of carbonyl (C=O) groups excluding carboxylic acids is 1. The van der Waals surface area contributed by atoms with Crippen LogP contribution in [0.4, 0.5) is 4.39 Å². The molecule has 2 fully saturated rings. The molecule has 1 saturated heterocycles. The molecule has 1 saturated carbocycles. The number of piperidine rings is 1. The molecule has 4 heteroatoms. The summed E-state index contributed by atoms with van der Waals surface area (Å²) in [6.07, 6.45) is 4.71. The van der Waals surface area contributed by atoms with Gasteiger partial charge >= 0.3 is 0 Å². The third-order valence-corrected chi connectivity index (χ3v) is 4.35. The highest BCUT2D eigenvalue weighted by Crippen LogP contribution is 2.29. The molecule has 0 atom stereocenters. The number of nitrogens with one attached hydrogen (secondary N) is 1. The molecule has 1 aliphatic heterocycles. The van der Waals surface area contributed by atoms with E-state index >= 15 is 0 Å². The van der Waals surface area contributed by atoms with Crippen LogP contribution in [0.3, 0.4) is 0 Å². The van der Waals surface area contributed by atoms with E-state index in [9.17, 15) is 9.18 Å². The van der Waals surface area contributed by atoms with Gasteiger partial charge in [0, 0.05) is 30.7 Å². The fourth-order valence-electron chi connectivity index (χ4n) is 2.90. The van der Waals surface area contributed by atoms with E-state index in [-0.39, 0.29) is 17.8 Å².